The van der Waals surface area contributed by atoms with E-state index in [9.17, 15) is 32.7 Å². The van der Waals surface area contributed by atoms with Gasteiger partial charge in [-0.05, 0) is 68.0 Å². The van der Waals surface area contributed by atoms with Gasteiger partial charge in [-0.2, -0.15) is 13.2 Å². The van der Waals surface area contributed by atoms with Crippen LogP contribution in [0.5, 0.6) is 0 Å². The lowest BCUT2D eigenvalue weighted by Gasteiger charge is -2.25. The second-order valence-electron chi connectivity index (χ2n) is 8.43. The summed E-state index contributed by atoms with van der Waals surface area (Å²) in [5.41, 5.74) is 0.966. The van der Waals surface area contributed by atoms with E-state index in [1.54, 1.807) is 12.1 Å². The van der Waals surface area contributed by atoms with E-state index < -0.39 is 41.6 Å². The molecule has 0 radical (unpaired) electrons. The molecular formula is C23H23F3N4O4. The number of fused-ring (bicyclic) bond motifs is 1. The summed E-state index contributed by atoms with van der Waals surface area (Å²) in [4.78, 5) is 42.6. The Balaban J connectivity index is 1.39. The minimum absolute atomic E-state index is 0.195. The molecule has 2 aromatic rings. The number of aryl methyl sites for hydroxylation is 1. The first-order chi connectivity index (χ1) is 16.1. The highest BCUT2D eigenvalue weighted by Gasteiger charge is 2.35. The summed E-state index contributed by atoms with van der Waals surface area (Å²) in [6.45, 7) is 0.332. The molecule has 11 heteroatoms. The van der Waals surface area contributed by atoms with E-state index in [1.807, 2.05) is 0 Å². The van der Waals surface area contributed by atoms with Gasteiger partial charge in [-0.25, -0.2) is 9.78 Å². The van der Waals surface area contributed by atoms with Crippen LogP contribution in [0.25, 0.3) is 0 Å². The van der Waals surface area contributed by atoms with Gasteiger partial charge in [0, 0.05) is 17.9 Å². The van der Waals surface area contributed by atoms with Crippen molar-refractivity contribution in [1.82, 2.24) is 9.88 Å². The molecule has 3 N–H and O–H groups in total. The molecule has 0 bridgehead atoms. The molecule has 8 nitrogen and oxygen atoms in total. The van der Waals surface area contributed by atoms with Crippen LogP contribution in [-0.4, -0.2) is 45.5 Å². The average Bonchev–Trinajstić information content (AvgIpc) is 3.29. The Kier molecular flexibility index (Phi) is 6.45. The third-order valence-corrected chi connectivity index (χ3v) is 6.14. The number of amides is 3. The molecule has 2 atom stereocenters. The van der Waals surface area contributed by atoms with Crippen LogP contribution in [0.15, 0.2) is 36.4 Å². The maximum atomic E-state index is 12.9. The van der Waals surface area contributed by atoms with Gasteiger partial charge in [0.15, 0.2) is 0 Å². The van der Waals surface area contributed by atoms with Crippen LogP contribution >= 0.6 is 0 Å². The van der Waals surface area contributed by atoms with E-state index in [4.69, 9.17) is 0 Å². The number of carboxylic acid groups (broad SMARTS) is 1. The van der Waals surface area contributed by atoms with E-state index in [-0.39, 0.29) is 5.69 Å². The van der Waals surface area contributed by atoms with Crippen LogP contribution in [0.1, 0.15) is 36.1 Å². The Morgan fingerprint density at radius 2 is 1.76 bits per heavy atom. The van der Waals surface area contributed by atoms with Crippen molar-refractivity contribution in [3.05, 3.63) is 53.2 Å². The highest BCUT2D eigenvalue weighted by molar-refractivity contribution is 5.99. The molecular weight excluding hydrogens is 453 g/mol. The van der Waals surface area contributed by atoms with Crippen LogP contribution in [0.4, 0.5) is 29.5 Å². The normalized spacial score (nSPS) is 19.9. The number of hydrogen-bond donors (Lipinski definition) is 3. The molecule has 0 saturated carbocycles. The smallest absolute Gasteiger partial charge is 0.416 e. The summed E-state index contributed by atoms with van der Waals surface area (Å²) in [5.74, 6) is -1.36. The van der Waals surface area contributed by atoms with Gasteiger partial charge in [0.2, 0.25) is 5.91 Å². The molecule has 4 rings (SSSR count). The largest absolute Gasteiger partial charge is 0.481 e. The fraction of sp³-hybridized carbons (Fsp3) is 0.391. The molecule has 3 amide bonds. The molecule has 1 aliphatic carbocycles. The van der Waals surface area contributed by atoms with Crippen LogP contribution in [0, 0.1) is 5.92 Å². The van der Waals surface area contributed by atoms with Gasteiger partial charge in [0.1, 0.15) is 11.9 Å². The lowest BCUT2D eigenvalue weighted by molar-refractivity contribution is -0.142. The first kappa shape index (κ1) is 23.5. The Morgan fingerprint density at radius 1 is 1.03 bits per heavy atom. The number of urea groups is 1. The zero-order valence-corrected chi connectivity index (χ0v) is 18.1. The number of anilines is 2. The number of hydrogen-bond acceptors (Lipinski definition) is 4. The van der Waals surface area contributed by atoms with E-state index in [1.165, 1.54) is 4.90 Å². The number of likely N-dealkylation sites (tertiary alicyclic amines) is 1. The summed E-state index contributed by atoms with van der Waals surface area (Å²) >= 11 is 0. The van der Waals surface area contributed by atoms with Gasteiger partial charge in [0.05, 0.1) is 11.5 Å². The van der Waals surface area contributed by atoms with Gasteiger partial charge in [0.25, 0.3) is 0 Å². The summed E-state index contributed by atoms with van der Waals surface area (Å²) in [5, 5.41) is 14.5. The number of benzene rings is 1. The van der Waals surface area contributed by atoms with Crippen molar-refractivity contribution in [2.24, 2.45) is 5.92 Å². The number of halogens is 3. The molecule has 180 valence electrons. The second-order valence-corrected chi connectivity index (χ2v) is 8.43. The molecule has 1 saturated heterocycles. The molecule has 2 aliphatic rings. The van der Waals surface area contributed by atoms with Gasteiger partial charge in [-0.3, -0.25) is 9.59 Å². The first-order valence-corrected chi connectivity index (χ1v) is 10.9. The van der Waals surface area contributed by atoms with E-state index in [2.05, 4.69) is 15.6 Å². The molecule has 0 spiro atoms. The highest BCUT2D eigenvalue weighted by Crippen LogP contribution is 2.30. The average molecular weight is 476 g/mol. The van der Waals surface area contributed by atoms with E-state index >= 15 is 0 Å². The summed E-state index contributed by atoms with van der Waals surface area (Å²) in [7, 11) is 0. The van der Waals surface area contributed by atoms with E-state index in [0.29, 0.717) is 44.5 Å². The lowest BCUT2D eigenvalue weighted by atomic mass is 9.87. The molecule has 1 aliphatic heterocycles. The number of carbonyl (C=O) groups is 3. The van der Waals surface area contributed by atoms with Crippen molar-refractivity contribution >= 4 is 29.4 Å². The van der Waals surface area contributed by atoms with Crippen LogP contribution < -0.4 is 10.6 Å². The Bertz CT molecular complexity index is 1100. The zero-order chi connectivity index (χ0) is 24.5. The Labute approximate surface area is 193 Å². The molecule has 1 aromatic carbocycles. The maximum absolute atomic E-state index is 12.9. The number of rotatable bonds is 4. The van der Waals surface area contributed by atoms with E-state index in [0.717, 1.165) is 35.5 Å². The number of carbonyl (C=O) groups excluding carboxylic acids is 2. The van der Waals surface area contributed by atoms with Crippen LogP contribution in [0.2, 0.25) is 0 Å². The summed E-state index contributed by atoms with van der Waals surface area (Å²) < 4.78 is 38.2. The maximum Gasteiger partial charge on any atom is 0.416 e. The minimum Gasteiger partial charge on any atom is -0.481 e. The SMILES string of the molecule is O=C(O)[C@H]1CCc2nc(NC(=O)[C@H]3CCCN3C(=O)Nc3ccc(C(F)(F)F)cc3)ccc2C1. The van der Waals surface area contributed by atoms with Gasteiger partial charge in [-0.1, -0.05) is 6.07 Å². The highest BCUT2D eigenvalue weighted by atomic mass is 19.4. The standard InChI is InChI=1S/C23H23F3N4O4/c24-23(25,26)15-5-7-16(8-6-15)27-22(34)30-11-1-2-18(30)20(31)29-19-10-4-13-12-14(21(32)33)3-9-17(13)28-19/h4-8,10,14,18H,1-3,9,11-12H2,(H,27,34)(H,32,33)(H,28,29,31)/t14-,18+/m0/s1. The summed E-state index contributed by atoms with van der Waals surface area (Å²) in [6, 6.07) is 6.14. The zero-order valence-electron chi connectivity index (χ0n) is 18.1. The van der Waals surface area contributed by atoms with Crippen LogP contribution in [-0.2, 0) is 28.6 Å². The van der Waals surface area contributed by atoms with Gasteiger partial charge >= 0.3 is 18.2 Å². The first-order valence-electron chi connectivity index (χ1n) is 10.9. The van der Waals surface area contributed by atoms with Crippen molar-refractivity contribution in [2.75, 3.05) is 17.2 Å². The molecule has 0 unspecified atom stereocenters. The fourth-order valence-corrected chi connectivity index (χ4v) is 4.32. The van der Waals surface area contributed by atoms with Crippen molar-refractivity contribution in [2.45, 2.75) is 44.3 Å². The Hall–Kier alpha value is -3.63. The van der Waals surface area contributed by atoms with Gasteiger partial charge in [-0.15, -0.1) is 0 Å². The van der Waals surface area contributed by atoms with Gasteiger partial charge < -0.3 is 20.6 Å². The number of aromatic nitrogens is 1. The predicted octanol–water partition coefficient (Wildman–Crippen LogP) is 3.92. The molecule has 1 fully saturated rings. The predicted molar refractivity (Wildman–Crippen MR) is 116 cm³/mol. The lowest BCUT2D eigenvalue weighted by Crippen LogP contribution is -2.45. The number of alkyl halides is 3. The minimum atomic E-state index is -4.47. The third kappa shape index (κ3) is 5.13. The number of nitrogens with zero attached hydrogens (tertiary/aromatic N) is 2. The molecule has 1 aromatic heterocycles. The van der Waals surface area contributed by atoms with Crippen LogP contribution in [0.3, 0.4) is 0 Å². The molecule has 2 heterocycles. The van der Waals surface area contributed by atoms with Crippen molar-refractivity contribution in [3.63, 3.8) is 0 Å². The fourth-order valence-electron chi connectivity index (χ4n) is 4.32. The summed E-state index contributed by atoms with van der Waals surface area (Å²) in [6.07, 6.45) is -2.05. The topological polar surface area (TPSA) is 112 Å². The quantitative estimate of drug-likeness (QED) is 0.619. The van der Waals surface area contributed by atoms with Crippen molar-refractivity contribution < 1.29 is 32.7 Å². The third-order valence-electron chi connectivity index (χ3n) is 6.14. The molecule has 34 heavy (non-hydrogen) atoms. The van der Waals surface area contributed by atoms with Crippen molar-refractivity contribution in [1.29, 1.82) is 0 Å². The number of carboxylic acids is 1. The monoisotopic (exact) mass is 476 g/mol. The second kappa shape index (κ2) is 9.32. The number of nitrogens with one attached hydrogen (secondary N) is 2. The van der Waals surface area contributed by atoms with Crippen molar-refractivity contribution in [3.8, 4) is 0 Å². The Morgan fingerprint density at radius 3 is 2.44 bits per heavy atom. The number of aliphatic carboxylic acids is 1. The number of pyridine rings is 1.